The minimum atomic E-state index is -1.04. The van der Waals surface area contributed by atoms with Gasteiger partial charge in [-0.1, -0.05) is 18.2 Å². The van der Waals surface area contributed by atoms with Gasteiger partial charge in [0, 0.05) is 13.0 Å². The molecule has 1 aliphatic rings. The van der Waals surface area contributed by atoms with Crippen molar-refractivity contribution >= 4 is 17.5 Å². The van der Waals surface area contributed by atoms with Crippen molar-refractivity contribution < 1.29 is 22.8 Å². The van der Waals surface area contributed by atoms with Crippen molar-refractivity contribution in [1.29, 1.82) is 0 Å². The Hall–Kier alpha value is -2.83. The van der Waals surface area contributed by atoms with Crippen LogP contribution in [0.25, 0.3) is 0 Å². The van der Waals surface area contributed by atoms with Gasteiger partial charge in [-0.2, -0.15) is 0 Å². The van der Waals surface area contributed by atoms with Crippen molar-refractivity contribution in [2.75, 3.05) is 18.1 Å². The van der Waals surface area contributed by atoms with Gasteiger partial charge in [0.25, 0.3) is 5.91 Å². The molecule has 0 spiro atoms. The van der Waals surface area contributed by atoms with E-state index >= 15 is 0 Å². The molecule has 2 aromatic rings. The molecule has 1 heterocycles. The third-order valence-corrected chi connectivity index (χ3v) is 4.05. The first-order valence-electron chi connectivity index (χ1n) is 7.77. The first-order valence-corrected chi connectivity index (χ1v) is 7.77. The number of carbonyl (C=O) groups is 2. The van der Waals surface area contributed by atoms with Crippen molar-refractivity contribution in [2.24, 2.45) is 0 Å². The number of amides is 2. The summed E-state index contributed by atoms with van der Waals surface area (Å²) >= 11 is 0. The molecule has 1 aliphatic heterocycles. The van der Waals surface area contributed by atoms with Gasteiger partial charge in [-0.05, 0) is 30.7 Å². The average Bonchev–Trinajstić information content (AvgIpc) is 2.98. The van der Waals surface area contributed by atoms with E-state index in [2.05, 4.69) is 0 Å². The maximum absolute atomic E-state index is 14.2. The van der Waals surface area contributed by atoms with E-state index in [-0.39, 0.29) is 18.3 Å². The number of para-hydroxylation sites is 1. The highest BCUT2D eigenvalue weighted by molar-refractivity contribution is 6.06. The number of likely N-dealkylation sites (tertiary alicyclic amines) is 1. The Bertz CT molecular complexity index is 805. The van der Waals surface area contributed by atoms with E-state index in [1.807, 2.05) is 0 Å². The van der Waals surface area contributed by atoms with Gasteiger partial charge >= 0.3 is 0 Å². The smallest absolute Gasteiger partial charge is 0.265 e. The van der Waals surface area contributed by atoms with E-state index in [0.29, 0.717) is 19.4 Å². The van der Waals surface area contributed by atoms with Gasteiger partial charge in [0.05, 0.1) is 5.69 Å². The van der Waals surface area contributed by atoms with E-state index in [4.69, 9.17) is 0 Å². The number of hydrogen-bond acceptors (Lipinski definition) is 2. The number of nitrogens with zero attached hydrogens (tertiary/aromatic N) is 2. The van der Waals surface area contributed by atoms with Crippen LogP contribution in [0.4, 0.5) is 18.9 Å². The van der Waals surface area contributed by atoms with Gasteiger partial charge in [0.15, 0.2) is 0 Å². The summed E-state index contributed by atoms with van der Waals surface area (Å²) in [6, 6.07) is 8.45. The van der Waals surface area contributed by atoms with Crippen LogP contribution >= 0.6 is 0 Å². The number of halogens is 3. The number of carbonyl (C=O) groups excluding carboxylic acids is 2. The maximum atomic E-state index is 14.2. The lowest BCUT2D eigenvalue weighted by Crippen LogP contribution is -2.43. The molecule has 3 rings (SSSR count). The number of hydrogen-bond donors (Lipinski definition) is 0. The Morgan fingerprint density at radius 2 is 1.64 bits per heavy atom. The van der Waals surface area contributed by atoms with E-state index in [1.54, 1.807) is 0 Å². The fraction of sp³-hybridized carbons (Fsp3) is 0.222. The molecule has 130 valence electrons. The Morgan fingerprint density at radius 1 is 1.00 bits per heavy atom. The van der Waals surface area contributed by atoms with Crippen molar-refractivity contribution in [3.05, 3.63) is 65.5 Å². The van der Waals surface area contributed by atoms with E-state index in [0.717, 1.165) is 29.2 Å². The molecule has 1 fully saturated rings. The predicted molar refractivity (Wildman–Crippen MR) is 85.4 cm³/mol. The highest BCUT2D eigenvalue weighted by Gasteiger charge is 2.30. The summed E-state index contributed by atoms with van der Waals surface area (Å²) in [4.78, 5) is 26.9. The topological polar surface area (TPSA) is 40.6 Å². The molecule has 0 atom stereocenters. The van der Waals surface area contributed by atoms with Gasteiger partial charge in [0.1, 0.15) is 29.7 Å². The molecule has 2 aromatic carbocycles. The van der Waals surface area contributed by atoms with Gasteiger partial charge in [-0.25, -0.2) is 13.2 Å². The molecule has 0 N–H and O–H groups in total. The zero-order valence-corrected chi connectivity index (χ0v) is 13.2. The van der Waals surface area contributed by atoms with Crippen LogP contribution in [-0.4, -0.2) is 29.9 Å². The number of benzene rings is 2. The summed E-state index contributed by atoms with van der Waals surface area (Å²) in [5.74, 6) is -4.04. The zero-order valence-electron chi connectivity index (χ0n) is 13.2. The summed E-state index contributed by atoms with van der Waals surface area (Å²) in [5.41, 5.74) is -0.924. The predicted octanol–water partition coefficient (Wildman–Crippen LogP) is 3.33. The number of anilines is 1. The van der Waals surface area contributed by atoms with Crippen LogP contribution < -0.4 is 4.90 Å². The quantitative estimate of drug-likeness (QED) is 0.850. The Labute approximate surface area is 142 Å². The molecule has 0 aliphatic carbocycles. The lowest BCUT2D eigenvalue weighted by atomic mass is 10.1. The van der Waals surface area contributed by atoms with Crippen LogP contribution in [0, 0.1) is 17.5 Å². The van der Waals surface area contributed by atoms with Crippen molar-refractivity contribution in [2.45, 2.75) is 12.8 Å². The summed E-state index contributed by atoms with van der Waals surface area (Å²) in [6.45, 7) is 0.128. The molecular weight excluding hydrogens is 333 g/mol. The molecule has 1 saturated heterocycles. The minimum absolute atomic E-state index is 0.144. The molecule has 4 nitrogen and oxygen atoms in total. The van der Waals surface area contributed by atoms with Crippen molar-refractivity contribution in [3.63, 3.8) is 0 Å². The van der Waals surface area contributed by atoms with Crippen LogP contribution in [-0.2, 0) is 4.79 Å². The van der Waals surface area contributed by atoms with Crippen LogP contribution in [0.2, 0.25) is 0 Å². The van der Waals surface area contributed by atoms with E-state index < -0.39 is 28.9 Å². The fourth-order valence-electron chi connectivity index (χ4n) is 2.78. The minimum Gasteiger partial charge on any atom is -0.324 e. The SMILES string of the molecule is O=C1CCCN1CN(C(=O)c1c(F)cccc1F)c1ccccc1F. The second-order valence-corrected chi connectivity index (χ2v) is 5.68. The molecule has 0 unspecified atom stereocenters. The van der Waals surface area contributed by atoms with E-state index in [1.165, 1.54) is 23.1 Å². The average molecular weight is 348 g/mol. The Kier molecular flexibility index (Phi) is 4.74. The van der Waals surface area contributed by atoms with Crippen LogP contribution in [0.15, 0.2) is 42.5 Å². The summed E-state index contributed by atoms with van der Waals surface area (Å²) in [6.07, 6.45) is 0.944. The van der Waals surface area contributed by atoms with Crippen LogP contribution in [0.1, 0.15) is 23.2 Å². The van der Waals surface area contributed by atoms with E-state index in [9.17, 15) is 22.8 Å². The number of rotatable bonds is 4. The van der Waals surface area contributed by atoms with Gasteiger partial charge in [-0.3, -0.25) is 14.5 Å². The molecule has 0 saturated carbocycles. The first-order chi connectivity index (χ1) is 12.0. The molecule has 0 bridgehead atoms. The van der Waals surface area contributed by atoms with Crippen LogP contribution in [0.3, 0.4) is 0 Å². The third-order valence-electron chi connectivity index (χ3n) is 4.05. The third kappa shape index (κ3) is 3.35. The largest absolute Gasteiger partial charge is 0.324 e. The standard InChI is InChI=1S/C18H15F3N2O2/c19-12-5-1-2-8-15(12)23(11-22-10-4-9-16(22)24)18(25)17-13(20)6-3-7-14(17)21/h1-3,5-8H,4,9-11H2. The lowest BCUT2D eigenvalue weighted by Gasteiger charge is -2.28. The zero-order chi connectivity index (χ0) is 18.0. The molecule has 0 aromatic heterocycles. The highest BCUT2D eigenvalue weighted by atomic mass is 19.1. The summed E-state index contributed by atoms with van der Waals surface area (Å²) < 4.78 is 42.2. The summed E-state index contributed by atoms with van der Waals surface area (Å²) in [5, 5.41) is 0. The monoisotopic (exact) mass is 348 g/mol. The lowest BCUT2D eigenvalue weighted by molar-refractivity contribution is -0.127. The molecule has 7 heteroatoms. The second-order valence-electron chi connectivity index (χ2n) is 5.68. The summed E-state index contributed by atoms with van der Waals surface area (Å²) in [7, 11) is 0. The maximum Gasteiger partial charge on any atom is 0.265 e. The van der Waals surface area contributed by atoms with Gasteiger partial charge < -0.3 is 4.90 Å². The molecule has 0 radical (unpaired) electrons. The first kappa shape index (κ1) is 17.0. The van der Waals surface area contributed by atoms with Gasteiger partial charge in [-0.15, -0.1) is 0 Å². The van der Waals surface area contributed by atoms with Crippen molar-refractivity contribution in [3.8, 4) is 0 Å². The van der Waals surface area contributed by atoms with Crippen LogP contribution in [0.5, 0.6) is 0 Å². The normalized spacial score (nSPS) is 14.0. The molecule has 2 amide bonds. The fourth-order valence-corrected chi connectivity index (χ4v) is 2.78. The second kappa shape index (κ2) is 6.96. The molecule has 25 heavy (non-hydrogen) atoms. The Morgan fingerprint density at radius 3 is 2.24 bits per heavy atom. The highest BCUT2D eigenvalue weighted by Crippen LogP contribution is 2.25. The Balaban J connectivity index is 2.03. The molecular formula is C18H15F3N2O2. The van der Waals surface area contributed by atoms with Gasteiger partial charge in [0.2, 0.25) is 5.91 Å². The van der Waals surface area contributed by atoms with Crippen molar-refractivity contribution in [1.82, 2.24) is 4.90 Å².